The smallest absolute Gasteiger partial charge is 0.0897 e. The van der Waals surface area contributed by atoms with Crippen molar-refractivity contribution in [1.29, 1.82) is 0 Å². The molecule has 0 bridgehead atoms. The Hall–Kier alpha value is -1.13. The Kier molecular flexibility index (Phi) is 3.71. The van der Waals surface area contributed by atoms with E-state index in [-0.39, 0.29) is 0 Å². The molecule has 1 aliphatic rings. The molecule has 1 unspecified atom stereocenters. The molecule has 1 N–H and O–H groups in total. The highest BCUT2D eigenvalue weighted by atomic mass is 32.1. The van der Waals surface area contributed by atoms with Crippen LogP contribution in [0.2, 0.25) is 0 Å². The monoisotopic (exact) mass is 275 g/mol. The fraction of sp³-hybridized carbons (Fsp3) is 0.533. The molecule has 1 atom stereocenters. The third-order valence-corrected chi connectivity index (χ3v) is 4.82. The van der Waals surface area contributed by atoms with Gasteiger partial charge in [0, 0.05) is 29.5 Å². The quantitative estimate of drug-likeness (QED) is 0.871. The first kappa shape index (κ1) is 12.9. The van der Waals surface area contributed by atoms with E-state index < -0.39 is 0 Å². The molecule has 2 heterocycles. The van der Waals surface area contributed by atoms with Crippen molar-refractivity contribution in [2.45, 2.75) is 45.2 Å². The first-order chi connectivity index (χ1) is 9.26. The highest BCUT2D eigenvalue weighted by Gasteiger charge is 2.19. The van der Waals surface area contributed by atoms with Crippen LogP contribution < -0.4 is 5.32 Å². The molecule has 0 fully saturated rings. The van der Waals surface area contributed by atoms with Crippen LogP contribution in [0, 0.1) is 6.92 Å². The van der Waals surface area contributed by atoms with Crippen molar-refractivity contribution >= 4 is 11.3 Å². The van der Waals surface area contributed by atoms with Gasteiger partial charge in [0.15, 0.2) is 0 Å². The Morgan fingerprint density at radius 2 is 2.32 bits per heavy atom. The summed E-state index contributed by atoms with van der Waals surface area (Å²) in [6, 6.07) is 0.530. The molecule has 2 aromatic rings. The molecule has 19 heavy (non-hydrogen) atoms. The van der Waals surface area contributed by atoms with E-state index in [2.05, 4.69) is 41.2 Å². The highest BCUT2D eigenvalue weighted by Crippen LogP contribution is 2.29. The van der Waals surface area contributed by atoms with Crippen LogP contribution in [0.5, 0.6) is 0 Å². The summed E-state index contributed by atoms with van der Waals surface area (Å²) in [5.74, 6) is 0. The van der Waals surface area contributed by atoms with E-state index in [0.29, 0.717) is 6.04 Å². The average molecular weight is 275 g/mol. The molecule has 0 aliphatic heterocycles. The number of rotatable bonds is 3. The number of thiazole rings is 1. The number of aryl methyl sites for hydroxylation is 2. The van der Waals surface area contributed by atoms with Crippen molar-refractivity contribution in [2.24, 2.45) is 0 Å². The first-order valence-electron chi connectivity index (χ1n) is 7.03. The summed E-state index contributed by atoms with van der Waals surface area (Å²) < 4.78 is 2.33. The van der Waals surface area contributed by atoms with Gasteiger partial charge in [-0.1, -0.05) is 6.42 Å². The number of nitrogens with zero attached hydrogens (tertiary/aromatic N) is 2. The van der Waals surface area contributed by atoms with Crippen LogP contribution in [-0.4, -0.2) is 16.6 Å². The molecule has 102 valence electrons. The second-order valence-electron chi connectivity index (χ2n) is 5.34. The highest BCUT2D eigenvalue weighted by molar-refractivity contribution is 7.11. The summed E-state index contributed by atoms with van der Waals surface area (Å²) in [6.45, 7) is 3.02. The second-order valence-corrected chi connectivity index (χ2v) is 6.66. The van der Waals surface area contributed by atoms with Crippen LogP contribution in [0.4, 0.5) is 0 Å². The fourth-order valence-electron chi connectivity index (χ4n) is 2.97. The van der Waals surface area contributed by atoms with E-state index in [4.69, 9.17) is 0 Å². The van der Waals surface area contributed by atoms with Gasteiger partial charge in [-0.25, -0.2) is 4.98 Å². The van der Waals surface area contributed by atoms with Gasteiger partial charge in [-0.3, -0.25) is 0 Å². The maximum absolute atomic E-state index is 4.33. The molecular formula is C15H21N3S. The van der Waals surface area contributed by atoms with E-state index in [1.165, 1.54) is 41.7 Å². The minimum atomic E-state index is 0.530. The summed E-state index contributed by atoms with van der Waals surface area (Å²) in [7, 11) is 2.07. The summed E-state index contributed by atoms with van der Waals surface area (Å²) in [6.07, 6.45) is 11.8. The first-order valence-corrected chi connectivity index (χ1v) is 7.85. The summed E-state index contributed by atoms with van der Waals surface area (Å²) >= 11 is 1.79. The fourth-order valence-corrected chi connectivity index (χ4v) is 3.77. The van der Waals surface area contributed by atoms with Gasteiger partial charge in [-0.2, -0.15) is 0 Å². The minimum Gasteiger partial charge on any atom is -0.348 e. The average Bonchev–Trinajstić information content (AvgIpc) is 2.92. The van der Waals surface area contributed by atoms with E-state index >= 15 is 0 Å². The van der Waals surface area contributed by atoms with Crippen LogP contribution in [0.25, 0.3) is 0 Å². The zero-order chi connectivity index (χ0) is 13.2. The van der Waals surface area contributed by atoms with Gasteiger partial charge in [0.1, 0.15) is 0 Å². The van der Waals surface area contributed by atoms with E-state index in [9.17, 15) is 0 Å². The maximum atomic E-state index is 4.33. The zero-order valence-electron chi connectivity index (χ0n) is 11.6. The van der Waals surface area contributed by atoms with Crippen LogP contribution in [0.3, 0.4) is 0 Å². The molecule has 3 rings (SSSR count). The summed E-state index contributed by atoms with van der Waals surface area (Å²) in [5.41, 5.74) is 3.03. The van der Waals surface area contributed by atoms with Gasteiger partial charge >= 0.3 is 0 Å². The molecule has 0 saturated carbocycles. The number of fused-ring (bicyclic) bond motifs is 1. The van der Waals surface area contributed by atoms with Gasteiger partial charge in [0.05, 0.1) is 11.6 Å². The van der Waals surface area contributed by atoms with E-state index in [1.54, 1.807) is 11.3 Å². The lowest BCUT2D eigenvalue weighted by atomic mass is 10.1. The van der Waals surface area contributed by atoms with Crippen molar-refractivity contribution in [1.82, 2.24) is 14.9 Å². The van der Waals surface area contributed by atoms with Crippen LogP contribution in [0.15, 0.2) is 18.6 Å². The van der Waals surface area contributed by atoms with Crippen molar-refractivity contribution in [3.05, 3.63) is 39.6 Å². The molecule has 3 nitrogen and oxygen atoms in total. The Balaban J connectivity index is 1.84. The van der Waals surface area contributed by atoms with Crippen LogP contribution >= 0.6 is 11.3 Å². The van der Waals surface area contributed by atoms with Crippen LogP contribution in [-0.2, 0) is 13.0 Å². The third-order valence-electron chi connectivity index (χ3n) is 3.92. The van der Waals surface area contributed by atoms with Gasteiger partial charge in [0.25, 0.3) is 0 Å². The van der Waals surface area contributed by atoms with Gasteiger partial charge < -0.3 is 9.88 Å². The predicted octanol–water partition coefficient (Wildman–Crippen LogP) is 3.29. The van der Waals surface area contributed by atoms with Crippen molar-refractivity contribution < 1.29 is 0 Å². The van der Waals surface area contributed by atoms with Crippen LogP contribution in [0.1, 0.15) is 46.3 Å². The maximum Gasteiger partial charge on any atom is 0.0897 e. The summed E-state index contributed by atoms with van der Waals surface area (Å²) in [4.78, 5) is 5.67. The number of hydrogen-bond donors (Lipinski definition) is 1. The Labute approximate surface area is 118 Å². The molecule has 0 saturated heterocycles. The molecule has 0 amide bonds. The number of aromatic nitrogens is 2. The largest absolute Gasteiger partial charge is 0.348 e. The molecule has 4 heteroatoms. The number of nitrogens with one attached hydrogen (secondary N) is 1. The molecule has 0 radical (unpaired) electrons. The van der Waals surface area contributed by atoms with E-state index in [0.717, 1.165) is 11.6 Å². The lowest BCUT2D eigenvalue weighted by Gasteiger charge is -2.13. The Bertz CT molecular complexity index is 555. The zero-order valence-corrected chi connectivity index (χ0v) is 12.5. The predicted molar refractivity (Wildman–Crippen MR) is 79.7 cm³/mol. The normalized spacial score (nSPS) is 19.2. The lowest BCUT2D eigenvalue weighted by Crippen LogP contribution is -2.15. The van der Waals surface area contributed by atoms with Crippen molar-refractivity contribution in [2.75, 3.05) is 7.05 Å². The van der Waals surface area contributed by atoms with Gasteiger partial charge in [-0.15, -0.1) is 11.3 Å². The second kappa shape index (κ2) is 5.47. The van der Waals surface area contributed by atoms with Gasteiger partial charge in [0.2, 0.25) is 0 Å². The summed E-state index contributed by atoms with van der Waals surface area (Å²) in [5, 5.41) is 4.61. The SMILES string of the molecule is CNC1CCCCc2cn(Cc3cnc(C)s3)cc21. The number of hydrogen-bond acceptors (Lipinski definition) is 3. The van der Waals surface area contributed by atoms with Crippen molar-refractivity contribution in [3.8, 4) is 0 Å². The van der Waals surface area contributed by atoms with Gasteiger partial charge in [-0.05, 0) is 44.4 Å². The van der Waals surface area contributed by atoms with Crippen molar-refractivity contribution in [3.63, 3.8) is 0 Å². The molecular weight excluding hydrogens is 254 g/mol. The molecule has 1 aliphatic carbocycles. The molecule has 0 aromatic carbocycles. The van der Waals surface area contributed by atoms with E-state index in [1.807, 2.05) is 6.20 Å². The Morgan fingerprint density at radius 3 is 3.05 bits per heavy atom. The minimum absolute atomic E-state index is 0.530. The molecule has 2 aromatic heterocycles. The topological polar surface area (TPSA) is 29.9 Å². The standard InChI is InChI=1S/C15H21N3S/c1-11-17-7-13(19-11)9-18-8-12-5-3-4-6-15(16-2)14(12)10-18/h7-8,10,15-16H,3-6,9H2,1-2H3. The third kappa shape index (κ3) is 2.74. The molecule has 0 spiro atoms. The Morgan fingerprint density at radius 1 is 1.42 bits per heavy atom. The lowest BCUT2D eigenvalue weighted by molar-refractivity contribution is 0.531.